The molecule has 0 spiro atoms. The van der Waals surface area contributed by atoms with Gasteiger partial charge in [-0.15, -0.1) is 0 Å². The van der Waals surface area contributed by atoms with Crippen LogP contribution in [0.3, 0.4) is 0 Å². The predicted octanol–water partition coefficient (Wildman–Crippen LogP) is 4.76. The number of rotatable bonds is 5. The molecule has 2 aromatic carbocycles. The summed E-state index contributed by atoms with van der Waals surface area (Å²) in [6, 6.07) is 20.3. The minimum Gasteiger partial charge on any atom is -0.456 e. The van der Waals surface area contributed by atoms with Gasteiger partial charge in [0.05, 0.1) is 18.9 Å². The highest BCUT2D eigenvalue weighted by atomic mass is 16.5. The third-order valence-electron chi connectivity index (χ3n) is 6.81. The van der Waals surface area contributed by atoms with Crippen molar-refractivity contribution in [1.29, 1.82) is 0 Å². The van der Waals surface area contributed by atoms with Crippen molar-refractivity contribution in [2.24, 2.45) is 0 Å². The molecule has 4 heterocycles. The normalized spacial score (nSPS) is 14.7. The third kappa shape index (κ3) is 4.45. The molecule has 0 atom stereocenters. The molecule has 6 heteroatoms. The van der Waals surface area contributed by atoms with E-state index in [9.17, 15) is 4.79 Å². The van der Waals surface area contributed by atoms with Gasteiger partial charge in [-0.25, -0.2) is 0 Å². The van der Waals surface area contributed by atoms with Crippen LogP contribution in [0.25, 0.3) is 11.3 Å². The summed E-state index contributed by atoms with van der Waals surface area (Å²) in [7, 11) is 0. The first-order valence-electron chi connectivity index (χ1n) is 12.1. The maximum atomic E-state index is 12.6. The van der Waals surface area contributed by atoms with Crippen molar-refractivity contribution in [3.8, 4) is 22.8 Å². The van der Waals surface area contributed by atoms with E-state index >= 15 is 0 Å². The molecule has 2 aromatic heterocycles. The average molecular weight is 466 g/mol. The maximum Gasteiger partial charge on any atom is 0.250 e. The predicted molar refractivity (Wildman–Crippen MR) is 136 cm³/mol. The molecule has 176 valence electrons. The van der Waals surface area contributed by atoms with Crippen molar-refractivity contribution in [1.82, 2.24) is 9.97 Å². The Hall–Kier alpha value is -3.90. The molecule has 0 amide bonds. The van der Waals surface area contributed by atoms with E-state index in [4.69, 9.17) is 9.47 Å². The van der Waals surface area contributed by atoms with Gasteiger partial charge in [0.1, 0.15) is 11.5 Å². The fourth-order valence-electron chi connectivity index (χ4n) is 5.00. The lowest BCUT2D eigenvalue weighted by Gasteiger charge is -2.29. The number of aromatic nitrogens is 2. The Labute approximate surface area is 204 Å². The molecular weight excluding hydrogens is 438 g/mol. The van der Waals surface area contributed by atoms with Crippen LogP contribution in [0.2, 0.25) is 0 Å². The Balaban J connectivity index is 1.32. The Morgan fingerprint density at radius 3 is 2.71 bits per heavy atom. The Bertz CT molecular complexity index is 1410. The molecule has 2 aliphatic heterocycles. The maximum absolute atomic E-state index is 12.6. The van der Waals surface area contributed by atoms with Crippen LogP contribution < -0.4 is 15.2 Å². The van der Waals surface area contributed by atoms with Gasteiger partial charge in [0.2, 0.25) is 5.56 Å². The number of aromatic amines is 1. The van der Waals surface area contributed by atoms with Crippen molar-refractivity contribution in [2.45, 2.75) is 19.3 Å². The summed E-state index contributed by atoms with van der Waals surface area (Å²) in [6.07, 6.45) is 6.41. The van der Waals surface area contributed by atoms with Crippen molar-refractivity contribution >= 4 is 5.69 Å². The number of morpholine rings is 1. The summed E-state index contributed by atoms with van der Waals surface area (Å²) in [6.45, 7) is 2.90. The van der Waals surface area contributed by atoms with Gasteiger partial charge in [-0.05, 0) is 48.2 Å². The summed E-state index contributed by atoms with van der Waals surface area (Å²) in [5.74, 6) is 1.71. The van der Waals surface area contributed by atoms with Crippen LogP contribution in [0.15, 0.2) is 77.9 Å². The molecule has 0 unspecified atom stereocenters. The highest BCUT2D eigenvalue weighted by Crippen LogP contribution is 2.43. The van der Waals surface area contributed by atoms with Crippen LogP contribution in [-0.2, 0) is 24.0 Å². The first-order valence-corrected chi connectivity index (χ1v) is 12.1. The molecule has 6 rings (SSSR count). The van der Waals surface area contributed by atoms with E-state index < -0.39 is 0 Å². The lowest BCUT2D eigenvalue weighted by Crippen LogP contribution is -2.36. The molecule has 2 aliphatic rings. The number of H-pyrrole nitrogens is 1. The van der Waals surface area contributed by atoms with Crippen LogP contribution in [0.4, 0.5) is 5.69 Å². The number of anilines is 1. The smallest absolute Gasteiger partial charge is 0.250 e. The second-order valence-corrected chi connectivity index (χ2v) is 9.04. The summed E-state index contributed by atoms with van der Waals surface area (Å²) in [5.41, 5.74) is 7.36. The summed E-state index contributed by atoms with van der Waals surface area (Å²) >= 11 is 0. The number of aryl methyl sites for hydroxylation is 2. The van der Waals surface area contributed by atoms with Crippen molar-refractivity contribution in [2.75, 3.05) is 31.2 Å². The average Bonchev–Trinajstić information content (AvgIpc) is 2.91. The molecule has 1 N–H and O–H groups in total. The number of ether oxygens (including phenoxy) is 2. The Kier molecular flexibility index (Phi) is 5.80. The van der Waals surface area contributed by atoms with Gasteiger partial charge in [-0.1, -0.05) is 30.3 Å². The molecule has 6 nitrogen and oxygen atoms in total. The minimum absolute atomic E-state index is 0.115. The van der Waals surface area contributed by atoms with E-state index in [2.05, 4.69) is 39.1 Å². The van der Waals surface area contributed by atoms with Crippen molar-refractivity contribution < 1.29 is 9.47 Å². The molecule has 0 aliphatic carbocycles. The second-order valence-electron chi connectivity index (χ2n) is 9.04. The number of nitrogens with one attached hydrogen (secondary N) is 1. The van der Waals surface area contributed by atoms with Crippen LogP contribution in [0.5, 0.6) is 11.5 Å². The van der Waals surface area contributed by atoms with E-state index in [0.717, 1.165) is 66.4 Å². The first kappa shape index (κ1) is 21.6. The van der Waals surface area contributed by atoms with Gasteiger partial charge in [0.25, 0.3) is 0 Å². The highest BCUT2D eigenvalue weighted by molar-refractivity contribution is 5.74. The molecule has 0 saturated carbocycles. The standard InChI is InChI=1S/C29H27N3O3/c33-28-18-23(32-12-14-34-15-13-32)17-26(31-28)24-7-1-6-22-16-25-21(5-2-8-27(25)35-29(22)24)10-9-20-4-3-11-30-19-20/h1-8,11,17-19H,9-10,12-16H2,(H,31,33). The van der Waals surface area contributed by atoms with E-state index in [-0.39, 0.29) is 5.56 Å². The van der Waals surface area contributed by atoms with Gasteiger partial charge in [0, 0.05) is 60.3 Å². The van der Waals surface area contributed by atoms with E-state index in [0.29, 0.717) is 13.2 Å². The lowest BCUT2D eigenvalue weighted by atomic mass is 9.91. The molecule has 0 bridgehead atoms. The van der Waals surface area contributed by atoms with E-state index in [1.54, 1.807) is 12.3 Å². The van der Waals surface area contributed by atoms with Gasteiger partial charge in [-0.2, -0.15) is 0 Å². The number of hydrogen-bond donors (Lipinski definition) is 1. The SMILES string of the molecule is O=c1cc(N2CCOCC2)cc(-c2cccc3c2Oc2cccc(CCc4cccnc4)c2C3)[nH]1. The zero-order valence-electron chi connectivity index (χ0n) is 19.5. The zero-order valence-corrected chi connectivity index (χ0v) is 19.5. The van der Waals surface area contributed by atoms with Crippen LogP contribution in [0.1, 0.15) is 22.3 Å². The van der Waals surface area contributed by atoms with Gasteiger partial charge in [-0.3, -0.25) is 9.78 Å². The van der Waals surface area contributed by atoms with Gasteiger partial charge >= 0.3 is 0 Å². The molecular formula is C29H27N3O3. The number of fused-ring (bicyclic) bond motifs is 2. The molecule has 1 saturated heterocycles. The zero-order chi connectivity index (χ0) is 23.6. The molecule has 4 aromatic rings. The van der Waals surface area contributed by atoms with Crippen LogP contribution >= 0.6 is 0 Å². The largest absolute Gasteiger partial charge is 0.456 e. The fourth-order valence-corrected chi connectivity index (χ4v) is 5.00. The highest BCUT2D eigenvalue weighted by Gasteiger charge is 2.23. The number of benzene rings is 2. The number of nitrogens with zero attached hydrogens (tertiary/aromatic N) is 2. The lowest BCUT2D eigenvalue weighted by molar-refractivity contribution is 0.122. The molecule has 35 heavy (non-hydrogen) atoms. The Morgan fingerprint density at radius 1 is 0.971 bits per heavy atom. The van der Waals surface area contributed by atoms with E-state index in [1.807, 2.05) is 36.5 Å². The fraction of sp³-hybridized carbons (Fsp3) is 0.241. The molecule has 0 radical (unpaired) electrons. The van der Waals surface area contributed by atoms with E-state index in [1.165, 1.54) is 16.7 Å². The van der Waals surface area contributed by atoms with Crippen molar-refractivity contribution in [3.05, 3.63) is 106 Å². The van der Waals surface area contributed by atoms with Crippen LogP contribution in [0, 0.1) is 0 Å². The summed E-state index contributed by atoms with van der Waals surface area (Å²) < 4.78 is 12.0. The second kappa shape index (κ2) is 9.39. The summed E-state index contributed by atoms with van der Waals surface area (Å²) in [5, 5.41) is 0. The van der Waals surface area contributed by atoms with Gasteiger partial charge < -0.3 is 19.4 Å². The third-order valence-corrected chi connectivity index (χ3v) is 6.81. The molecule has 1 fully saturated rings. The number of para-hydroxylation sites is 1. The minimum atomic E-state index is -0.115. The van der Waals surface area contributed by atoms with Crippen molar-refractivity contribution in [3.63, 3.8) is 0 Å². The summed E-state index contributed by atoms with van der Waals surface area (Å²) in [4.78, 5) is 22.0. The van der Waals surface area contributed by atoms with Crippen LogP contribution in [-0.4, -0.2) is 36.3 Å². The quantitative estimate of drug-likeness (QED) is 0.406. The first-order chi connectivity index (χ1) is 17.2. The van der Waals surface area contributed by atoms with Gasteiger partial charge in [0.15, 0.2) is 0 Å². The Morgan fingerprint density at radius 2 is 1.86 bits per heavy atom. The topological polar surface area (TPSA) is 67.5 Å². The number of pyridine rings is 2. The number of hydrogen-bond acceptors (Lipinski definition) is 5. The monoisotopic (exact) mass is 465 g/mol.